The summed E-state index contributed by atoms with van der Waals surface area (Å²) in [5.74, 6) is 0.0566. The predicted molar refractivity (Wildman–Crippen MR) is 80.2 cm³/mol. The van der Waals surface area contributed by atoms with Crippen LogP contribution in [0.25, 0.3) is 0 Å². The zero-order chi connectivity index (χ0) is 14.0. The van der Waals surface area contributed by atoms with Crippen molar-refractivity contribution in [3.63, 3.8) is 0 Å². The molecule has 1 heterocycles. The first kappa shape index (κ1) is 14.1. The van der Waals surface area contributed by atoms with Crippen LogP contribution in [0.2, 0.25) is 0 Å². The van der Waals surface area contributed by atoms with Crippen LogP contribution in [0.5, 0.6) is 0 Å². The highest BCUT2D eigenvalue weighted by molar-refractivity contribution is 7.90. The fourth-order valence-corrected chi connectivity index (χ4v) is 4.53. The Kier molecular flexibility index (Phi) is 3.96. The SMILES string of the molecule is CCc1ccc(CS(=O)(=O)c2ccc(N)c(C)c2)s1. The maximum Gasteiger partial charge on any atom is 0.183 e. The average Bonchev–Trinajstić information content (AvgIpc) is 2.79. The molecule has 0 saturated carbocycles. The standard InChI is InChI=1S/C14H17NO2S2/c1-3-11-4-5-12(18-11)9-19(16,17)13-6-7-14(15)10(2)8-13/h4-8H,3,9,15H2,1-2H3. The third-order valence-corrected chi connectivity index (χ3v) is 6.07. The lowest BCUT2D eigenvalue weighted by molar-refractivity contribution is 0.595. The van der Waals surface area contributed by atoms with Gasteiger partial charge in [0.1, 0.15) is 0 Å². The molecule has 1 aromatic carbocycles. The van der Waals surface area contributed by atoms with Crippen molar-refractivity contribution in [1.29, 1.82) is 0 Å². The van der Waals surface area contributed by atoms with Crippen molar-refractivity contribution in [1.82, 2.24) is 0 Å². The highest BCUT2D eigenvalue weighted by Crippen LogP contribution is 2.24. The van der Waals surface area contributed by atoms with Gasteiger partial charge in [0.25, 0.3) is 0 Å². The molecule has 1 aromatic heterocycles. The van der Waals surface area contributed by atoms with Gasteiger partial charge in [-0.25, -0.2) is 8.42 Å². The Bertz CT molecular complexity index is 687. The maximum absolute atomic E-state index is 12.3. The van der Waals surface area contributed by atoms with E-state index >= 15 is 0 Å². The topological polar surface area (TPSA) is 60.2 Å². The van der Waals surface area contributed by atoms with Gasteiger partial charge < -0.3 is 5.73 Å². The molecule has 19 heavy (non-hydrogen) atoms. The number of hydrogen-bond acceptors (Lipinski definition) is 4. The van der Waals surface area contributed by atoms with E-state index in [1.54, 1.807) is 29.5 Å². The minimum atomic E-state index is -3.29. The monoisotopic (exact) mass is 295 g/mol. The molecule has 2 N–H and O–H groups in total. The molecular formula is C14H17NO2S2. The third kappa shape index (κ3) is 3.16. The van der Waals surface area contributed by atoms with Crippen LogP contribution in [0.4, 0.5) is 5.69 Å². The molecule has 5 heteroatoms. The lowest BCUT2D eigenvalue weighted by Gasteiger charge is -2.06. The smallest absolute Gasteiger partial charge is 0.183 e. The fraction of sp³-hybridized carbons (Fsp3) is 0.286. The summed E-state index contributed by atoms with van der Waals surface area (Å²) >= 11 is 1.56. The average molecular weight is 295 g/mol. The molecule has 0 amide bonds. The van der Waals surface area contributed by atoms with Gasteiger partial charge in [-0.1, -0.05) is 6.92 Å². The minimum Gasteiger partial charge on any atom is -0.399 e. The Balaban J connectivity index is 2.29. The second-order valence-corrected chi connectivity index (χ2v) is 7.74. The van der Waals surface area contributed by atoms with E-state index in [1.807, 2.05) is 19.1 Å². The van der Waals surface area contributed by atoms with Crippen molar-refractivity contribution < 1.29 is 8.42 Å². The number of aryl methyl sites for hydroxylation is 2. The number of hydrogen-bond donors (Lipinski definition) is 1. The van der Waals surface area contributed by atoms with Crippen molar-refractivity contribution in [2.24, 2.45) is 0 Å². The molecule has 0 unspecified atom stereocenters. The van der Waals surface area contributed by atoms with Gasteiger partial charge in [-0.05, 0) is 49.2 Å². The largest absolute Gasteiger partial charge is 0.399 e. The number of sulfone groups is 1. The first-order valence-electron chi connectivity index (χ1n) is 6.09. The first-order valence-corrected chi connectivity index (χ1v) is 8.55. The lowest BCUT2D eigenvalue weighted by Crippen LogP contribution is -2.04. The Labute approximate surface area is 118 Å². The van der Waals surface area contributed by atoms with Crippen molar-refractivity contribution in [2.75, 3.05) is 5.73 Å². The summed E-state index contributed by atoms with van der Waals surface area (Å²) < 4.78 is 24.7. The van der Waals surface area contributed by atoms with Gasteiger partial charge in [-0.2, -0.15) is 0 Å². The van der Waals surface area contributed by atoms with Gasteiger partial charge in [-0.3, -0.25) is 0 Å². The number of thiophene rings is 1. The molecule has 0 spiro atoms. The van der Waals surface area contributed by atoms with Crippen LogP contribution in [-0.2, 0) is 22.0 Å². The quantitative estimate of drug-likeness (QED) is 0.881. The minimum absolute atomic E-state index is 0.0566. The molecule has 0 radical (unpaired) electrons. The van der Waals surface area contributed by atoms with Crippen LogP contribution in [0.15, 0.2) is 35.2 Å². The van der Waals surface area contributed by atoms with E-state index < -0.39 is 9.84 Å². The van der Waals surface area contributed by atoms with Gasteiger partial charge in [-0.15, -0.1) is 11.3 Å². The number of anilines is 1. The summed E-state index contributed by atoms with van der Waals surface area (Å²) in [6.07, 6.45) is 0.936. The zero-order valence-corrected chi connectivity index (χ0v) is 12.6. The van der Waals surface area contributed by atoms with Crippen molar-refractivity contribution in [3.8, 4) is 0 Å². The summed E-state index contributed by atoms with van der Waals surface area (Å²) in [5.41, 5.74) is 7.12. The number of benzene rings is 1. The van der Waals surface area contributed by atoms with E-state index in [1.165, 1.54) is 4.88 Å². The molecule has 2 aromatic rings. The predicted octanol–water partition coefficient (Wildman–Crippen LogP) is 3.18. The Morgan fingerprint density at radius 2 is 1.84 bits per heavy atom. The zero-order valence-electron chi connectivity index (χ0n) is 11.0. The van der Waals surface area contributed by atoms with Gasteiger partial charge in [0.15, 0.2) is 9.84 Å². The first-order chi connectivity index (χ1) is 8.92. The maximum atomic E-state index is 12.3. The third-order valence-electron chi connectivity index (χ3n) is 3.00. The van der Waals surface area contributed by atoms with E-state index in [2.05, 4.69) is 6.92 Å². The number of nitrogens with two attached hydrogens (primary N) is 1. The summed E-state index contributed by atoms with van der Waals surface area (Å²) in [4.78, 5) is 2.43. The van der Waals surface area contributed by atoms with Crippen LogP contribution in [-0.4, -0.2) is 8.42 Å². The Morgan fingerprint density at radius 1 is 1.16 bits per heavy atom. The van der Waals surface area contributed by atoms with Crippen LogP contribution in [0, 0.1) is 6.92 Å². The highest BCUT2D eigenvalue weighted by Gasteiger charge is 2.17. The van der Waals surface area contributed by atoms with Gasteiger partial charge in [0.2, 0.25) is 0 Å². The van der Waals surface area contributed by atoms with Crippen LogP contribution in [0.1, 0.15) is 22.2 Å². The fourth-order valence-electron chi connectivity index (χ4n) is 1.80. The number of rotatable bonds is 4. The van der Waals surface area contributed by atoms with E-state index in [-0.39, 0.29) is 5.75 Å². The molecular weight excluding hydrogens is 278 g/mol. The van der Waals surface area contributed by atoms with Gasteiger partial charge in [0, 0.05) is 15.4 Å². The molecule has 0 aliphatic carbocycles. The lowest BCUT2D eigenvalue weighted by atomic mass is 10.2. The Morgan fingerprint density at radius 3 is 2.42 bits per heavy atom. The van der Waals surface area contributed by atoms with Crippen LogP contribution in [0.3, 0.4) is 0 Å². The molecule has 3 nitrogen and oxygen atoms in total. The van der Waals surface area contributed by atoms with Crippen molar-refractivity contribution in [3.05, 3.63) is 45.6 Å². The van der Waals surface area contributed by atoms with Gasteiger partial charge >= 0.3 is 0 Å². The summed E-state index contributed by atoms with van der Waals surface area (Å²) in [6.45, 7) is 3.88. The molecule has 0 bridgehead atoms. The molecule has 0 fully saturated rings. The molecule has 0 aliphatic heterocycles. The molecule has 102 valence electrons. The van der Waals surface area contributed by atoms with Crippen LogP contribution < -0.4 is 5.73 Å². The van der Waals surface area contributed by atoms with E-state index in [9.17, 15) is 8.42 Å². The van der Waals surface area contributed by atoms with E-state index in [0.717, 1.165) is 16.9 Å². The second kappa shape index (κ2) is 5.35. The van der Waals surface area contributed by atoms with E-state index in [0.29, 0.717) is 10.6 Å². The molecule has 2 rings (SSSR count). The van der Waals surface area contributed by atoms with Crippen LogP contribution >= 0.6 is 11.3 Å². The highest BCUT2D eigenvalue weighted by atomic mass is 32.2. The van der Waals surface area contributed by atoms with Crippen molar-refractivity contribution >= 4 is 26.9 Å². The Hall–Kier alpha value is -1.33. The summed E-state index contributed by atoms with van der Waals surface area (Å²) in [5, 5.41) is 0. The van der Waals surface area contributed by atoms with Gasteiger partial charge in [0.05, 0.1) is 10.6 Å². The number of nitrogen functional groups attached to an aromatic ring is 1. The normalized spacial score (nSPS) is 11.7. The molecule has 0 aliphatic rings. The summed E-state index contributed by atoms with van der Waals surface area (Å²) in [7, 11) is -3.29. The summed E-state index contributed by atoms with van der Waals surface area (Å²) in [6, 6.07) is 8.74. The molecule has 0 atom stereocenters. The molecule has 0 saturated heterocycles. The second-order valence-electron chi connectivity index (χ2n) is 4.50. The van der Waals surface area contributed by atoms with E-state index in [4.69, 9.17) is 5.73 Å². The van der Waals surface area contributed by atoms with Crippen molar-refractivity contribution in [2.45, 2.75) is 30.9 Å².